The number of nitrogens with zero attached hydrogens (tertiary/aromatic N) is 6. The number of carbonyl (C=O) groups is 5. The molecule has 1 unspecified atom stereocenters. The number of azo groups is 1. The molecule has 334 valence electrons. The molecule has 0 aliphatic carbocycles. The summed E-state index contributed by atoms with van der Waals surface area (Å²) in [6.07, 6.45) is 1.89. The van der Waals surface area contributed by atoms with Gasteiger partial charge in [0.1, 0.15) is 24.1 Å². The van der Waals surface area contributed by atoms with Crippen molar-refractivity contribution in [2.45, 2.75) is 73.8 Å². The molecule has 18 nitrogen and oxygen atoms in total. The maximum atomic E-state index is 12.9. The number of hydrogen-bond acceptors (Lipinski definition) is 13. The van der Waals surface area contributed by atoms with E-state index < -0.39 is 29.9 Å². The Hall–Kier alpha value is -5.17. The number of carboxylic acids is 4. The average Bonchev–Trinajstić information content (AvgIpc) is 3.14. The van der Waals surface area contributed by atoms with Crippen molar-refractivity contribution in [1.29, 1.82) is 0 Å². The number of hydrogen-bond donors (Lipinski definition) is 5. The number of benzene rings is 2. The summed E-state index contributed by atoms with van der Waals surface area (Å²) in [5.41, 5.74) is 5.17. The van der Waals surface area contributed by atoms with Gasteiger partial charge < -0.3 is 35.2 Å². The smallest absolute Gasteiger partial charge is 0.320 e. The molecule has 1 aliphatic heterocycles. The second-order valence-corrected chi connectivity index (χ2v) is 14.9. The van der Waals surface area contributed by atoms with Crippen LogP contribution < -0.4 is 14.8 Å². The second kappa shape index (κ2) is 26.1. The summed E-state index contributed by atoms with van der Waals surface area (Å²) in [5, 5.41) is 50.5. The van der Waals surface area contributed by atoms with Crippen LogP contribution in [0.3, 0.4) is 0 Å². The van der Waals surface area contributed by atoms with Crippen LogP contribution in [0.1, 0.15) is 62.3 Å². The fourth-order valence-corrected chi connectivity index (χ4v) is 6.84. The minimum Gasteiger partial charge on any atom is -0.494 e. The van der Waals surface area contributed by atoms with Crippen LogP contribution >= 0.6 is 0 Å². The van der Waals surface area contributed by atoms with Gasteiger partial charge >= 0.3 is 23.9 Å². The Labute approximate surface area is 353 Å². The Morgan fingerprint density at radius 3 is 1.40 bits per heavy atom. The molecule has 0 saturated carbocycles. The first-order chi connectivity index (χ1) is 28.1. The van der Waals surface area contributed by atoms with Gasteiger partial charge in [-0.1, -0.05) is 20.8 Å². The molecule has 18 heteroatoms. The summed E-state index contributed by atoms with van der Waals surface area (Å²) < 4.78 is 11.8. The van der Waals surface area contributed by atoms with E-state index in [9.17, 15) is 44.4 Å². The third kappa shape index (κ3) is 18.0. The molecule has 1 aliphatic rings. The molecule has 0 bridgehead atoms. The zero-order chi connectivity index (χ0) is 43.5. The Bertz CT molecular complexity index is 1700. The molecule has 1 saturated heterocycles. The third-order valence-electron chi connectivity index (χ3n) is 9.96. The molecule has 5 N–H and O–H groups in total. The molecular formula is C42H65N7O11. The lowest BCUT2D eigenvalue weighted by atomic mass is 10.1. The van der Waals surface area contributed by atoms with Crippen molar-refractivity contribution in [1.82, 2.24) is 24.9 Å². The van der Waals surface area contributed by atoms with Gasteiger partial charge in [-0.3, -0.25) is 43.6 Å². The van der Waals surface area contributed by atoms with Gasteiger partial charge in [-0.05, 0) is 87.1 Å². The molecule has 1 fully saturated rings. The van der Waals surface area contributed by atoms with E-state index in [-0.39, 0.29) is 111 Å². The van der Waals surface area contributed by atoms with Crippen molar-refractivity contribution in [2.75, 3.05) is 91.8 Å². The van der Waals surface area contributed by atoms with Gasteiger partial charge in [-0.25, -0.2) is 0 Å². The van der Waals surface area contributed by atoms with Crippen LogP contribution in [0.15, 0.2) is 34.5 Å². The number of amides is 1. The molecule has 2 aromatic carbocycles. The van der Waals surface area contributed by atoms with E-state index >= 15 is 0 Å². The van der Waals surface area contributed by atoms with E-state index in [0.29, 0.717) is 12.4 Å². The molecule has 1 heterocycles. The number of ether oxygens (including phenoxy) is 2. The van der Waals surface area contributed by atoms with Crippen molar-refractivity contribution in [3.05, 3.63) is 46.5 Å². The van der Waals surface area contributed by atoms with E-state index in [1.54, 1.807) is 19.6 Å². The Kier molecular flexibility index (Phi) is 22.2. The summed E-state index contributed by atoms with van der Waals surface area (Å²) in [4.78, 5) is 66.6. The fourth-order valence-electron chi connectivity index (χ4n) is 6.84. The van der Waals surface area contributed by atoms with Crippen LogP contribution in [0.25, 0.3) is 0 Å². The third-order valence-corrected chi connectivity index (χ3v) is 9.96. The van der Waals surface area contributed by atoms with Gasteiger partial charge in [0.05, 0.1) is 44.2 Å². The number of aryl methyl sites for hydroxylation is 4. The SMILES string of the molecule is C.CCCCOc1cc(C)c(N=Nc2c(C)cc(OCCNC(=O)CCC(C(=O)O)N3CCN(CC(=O)O)CCN(CC(=O)O)CCN(CC(=O)O)CC3)cc2C)c(C)c1. The molecule has 60 heavy (non-hydrogen) atoms. The molecule has 0 radical (unpaired) electrons. The topological polar surface area (TPSA) is 234 Å². The molecule has 1 atom stereocenters. The fraction of sp³-hybridized carbons (Fsp3) is 0.595. The number of carboxylic acid groups (broad SMARTS) is 4. The lowest BCUT2D eigenvalue weighted by Crippen LogP contribution is -2.52. The van der Waals surface area contributed by atoms with Crippen LogP contribution in [-0.2, 0) is 24.0 Å². The standard InChI is InChI=1S/C41H61N7O11.CH4/c1-6-7-19-58-32-21-28(2)39(29(3)22-32)43-44-40-30(4)23-33(24-31(40)5)59-20-10-42-35(49)9-8-34(41(56)57)48-17-15-46(26-37(52)53)13-11-45(25-36(50)51)12-14-47(16-18-48)27-38(54)55;/h21-24,34H,6-20,25-27H2,1-5H3,(H,42,49)(H,50,51)(H,52,53)(H,54,55)(H,56,57);1H4. The van der Waals surface area contributed by atoms with Gasteiger partial charge in [0.25, 0.3) is 0 Å². The summed E-state index contributed by atoms with van der Waals surface area (Å²) in [6, 6.07) is 6.53. The molecular weight excluding hydrogens is 778 g/mol. The van der Waals surface area contributed by atoms with Gasteiger partial charge in [-0.2, -0.15) is 0 Å². The minimum atomic E-state index is -1.17. The van der Waals surface area contributed by atoms with Gasteiger partial charge in [0.15, 0.2) is 0 Å². The maximum absolute atomic E-state index is 12.9. The maximum Gasteiger partial charge on any atom is 0.320 e. The lowest BCUT2D eigenvalue weighted by Gasteiger charge is -2.35. The van der Waals surface area contributed by atoms with Crippen LogP contribution in [0.5, 0.6) is 11.5 Å². The van der Waals surface area contributed by atoms with Crippen LogP contribution in [-0.4, -0.2) is 168 Å². The molecule has 0 aromatic heterocycles. The highest BCUT2D eigenvalue weighted by atomic mass is 16.5. The molecule has 0 spiro atoms. The zero-order valence-electron chi connectivity index (χ0n) is 34.9. The van der Waals surface area contributed by atoms with Crippen molar-refractivity contribution < 1.29 is 53.9 Å². The van der Waals surface area contributed by atoms with E-state index in [0.717, 1.165) is 52.2 Å². The largest absolute Gasteiger partial charge is 0.494 e. The van der Waals surface area contributed by atoms with Crippen molar-refractivity contribution in [3.63, 3.8) is 0 Å². The summed E-state index contributed by atoms with van der Waals surface area (Å²) >= 11 is 0. The van der Waals surface area contributed by atoms with Crippen LogP contribution in [0.4, 0.5) is 11.4 Å². The van der Waals surface area contributed by atoms with Crippen molar-refractivity contribution >= 4 is 41.2 Å². The van der Waals surface area contributed by atoms with E-state index in [1.807, 2.05) is 52.0 Å². The van der Waals surface area contributed by atoms with E-state index in [1.165, 1.54) is 0 Å². The van der Waals surface area contributed by atoms with Crippen molar-refractivity contribution in [3.8, 4) is 11.5 Å². The molecule has 2 aromatic rings. The highest BCUT2D eigenvalue weighted by Gasteiger charge is 2.28. The number of rotatable bonds is 21. The Balaban J connectivity index is 0.0000124. The summed E-state index contributed by atoms with van der Waals surface area (Å²) in [5.74, 6) is -3.36. The number of carbonyl (C=O) groups excluding carboxylic acids is 1. The van der Waals surface area contributed by atoms with Crippen LogP contribution in [0, 0.1) is 27.7 Å². The quantitative estimate of drug-likeness (QED) is 0.0868. The lowest BCUT2D eigenvalue weighted by molar-refractivity contribution is -0.145. The second-order valence-electron chi connectivity index (χ2n) is 14.9. The minimum absolute atomic E-state index is 0. The van der Waals surface area contributed by atoms with Crippen LogP contribution in [0.2, 0.25) is 0 Å². The Morgan fingerprint density at radius 1 is 0.650 bits per heavy atom. The summed E-state index contributed by atoms with van der Waals surface area (Å²) in [7, 11) is 0. The number of unbranched alkanes of at least 4 members (excludes halogenated alkanes) is 1. The first kappa shape index (κ1) is 51.0. The first-order valence-corrected chi connectivity index (χ1v) is 20.0. The number of aliphatic carboxylic acids is 4. The highest BCUT2D eigenvalue weighted by molar-refractivity contribution is 5.78. The van der Waals surface area contributed by atoms with Gasteiger partial charge in [0.2, 0.25) is 5.91 Å². The van der Waals surface area contributed by atoms with Gasteiger partial charge in [-0.15, -0.1) is 10.2 Å². The van der Waals surface area contributed by atoms with E-state index in [4.69, 9.17) is 9.47 Å². The first-order valence-electron chi connectivity index (χ1n) is 20.0. The molecule has 1 amide bonds. The predicted molar refractivity (Wildman–Crippen MR) is 226 cm³/mol. The zero-order valence-corrected chi connectivity index (χ0v) is 34.9. The normalized spacial score (nSPS) is 15.6. The average molecular weight is 844 g/mol. The number of nitrogens with one attached hydrogen (secondary N) is 1. The Morgan fingerprint density at radius 2 is 1.03 bits per heavy atom. The summed E-state index contributed by atoms with van der Waals surface area (Å²) in [6.45, 7) is 11.4. The van der Waals surface area contributed by atoms with Gasteiger partial charge in [0, 0.05) is 58.8 Å². The van der Waals surface area contributed by atoms with Crippen molar-refractivity contribution in [2.24, 2.45) is 10.2 Å². The monoisotopic (exact) mass is 843 g/mol. The predicted octanol–water partition coefficient (Wildman–Crippen LogP) is 4.35. The molecule has 3 rings (SSSR count). The highest BCUT2D eigenvalue weighted by Crippen LogP contribution is 2.34. The van der Waals surface area contributed by atoms with E-state index in [2.05, 4.69) is 22.5 Å².